The van der Waals surface area contributed by atoms with Crippen LogP contribution in [0.25, 0.3) is 0 Å². The predicted octanol–water partition coefficient (Wildman–Crippen LogP) is -2.44. The van der Waals surface area contributed by atoms with Crippen LogP contribution in [0.5, 0.6) is 0 Å². The number of halogens is 3. The molecular formula is C17H18F3N7O5. The molecule has 172 valence electrons. The van der Waals surface area contributed by atoms with Gasteiger partial charge in [0.2, 0.25) is 5.79 Å². The molecule has 0 aliphatic carbocycles. The Balaban J connectivity index is 1.68. The number of aliphatic imine (C=N–C) groups is 2. The summed E-state index contributed by atoms with van der Waals surface area (Å²) in [5, 5.41) is 36.4. The zero-order chi connectivity index (χ0) is 23.6. The molecule has 1 saturated heterocycles. The third-order valence-corrected chi connectivity index (χ3v) is 5.72. The van der Waals surface area contributed by atoms with Crippen molar-refractivity contribution in [2.75, 3.05) is 6.54 Å². The van der Waals surface area contributed by atoms with E-state index in [4.69, 9.17) is 11.5 Å². The highest BCUT2D eigenvalue weighted by atomic mass is 19.4. The number of aliphatic carboxylic acids is 1. The molecule has 3 aliphatic rings. The van der Waals surface area contributed by atoms with Crippen LogP contribution < -0.4 is 22.1 Å². The molecule has 1 spiro atoms. The van der Waals surface area contributed by atoms with Gasteiger partial charge in [0.25, 0.3) is 5.91 Å². The van der Waals surface area contributed by atoms with Gasteiger partial charge in [-0.2, -0.15) is 13.2 Å². The summed E-state index contributed by atoms with van der Waals surface area (Å²) >= 11 is 0. The smallest absolute Gasteiger partial charge is 0.416 e. The standard InChI is InChI=1S/C17H18F3N7O5/c18-17(19,20)7-3-1-2-6(4-7)11(28)23-8-5-27-14(22)24-9(12(29)30)10-15(27,16(8,31)32)26-13(21)25-10/h1-4,8-10,31-32H,5H2,(H2,22,24)(H,23,28)(H,29,30)(H3,21,25,26)/t8-,9?,10?,15?/m0/s1. The monoisotopic (exact) mass is 457 g/mol. The molecule has 3 heterocycles. The topological polar surface area (TPSA) is 199 Å². The Bertz CT molecular complexity index is 1060. The van der Waals surface area contributed by atoms with Gasteiger partial charge in [0, 0.05) is 12.1 Å². The van der Waals surface area contributed by atoms with Crippen LogP contribution in [0.15, 0.2) is 34.3 Å². The summed E-state index contributed by atoms with van der Waals surface area (Å²) in [4.78, 5) is 33.2. The van der Waals surface area contributed by atoms with Crippen LogP contribution in [0, 0.1) is 0 Å². The van der Waals surface area contributed by atoms with E-state index in [0.29, 0.717) is 6.07 Å². The number of carboxylic acids is 1. The first-order valence-corrected chi connectivity index (χ1v) is 9.17. The van der Waals surface area contributed by atoms with Crippen LogP contribution in [0.3, 0.4) is 0 Å². The van der Waals surface area contributed by atoms with Gasteiger partial charge in [-0.3, -0.25) is 4.79 Å². The van der Waals surface area contributed by atoms with Crippen molar-refractivity contribution in [3.05, 3.63) is 35.4 Å². The van der Waals surface area contributed by atoms with E-state index in [-0.39, 0.29) is 24.0 Å². The van der Waals surface area contributed by atoms with E-state index >= 15 is 0 Å². The number of benzene rings is 1. The highest BCUT2D eigenvalue weighted by molar-refractivity contribution is 5.95. The summed E-state index contributed by atoms with van der Waals surface area (Å²) in [6.45, 7) is -0.383. The van der Waals surface area contributed by atoms with Gasteiger partial charge >= 0.3 is 12.1 Å². The fourth-order valence-corrected chi connectivity index (χ4v) is 4.27. The van der Waals surface area contributed by atoms with Crippen LogP contribution in [0.1, 0.15) is 15.9 Å². The molecule has 4 atom stereocenters. The number of alkyl halides is 3. The number of hydrogen-bond acceptors (Lipinski definition) is 10. The second-order valence-electron chi connectivity index (χ2n) is 7.56. The van der Waals surface area contributed by atoms with Gasteiger partial charge in [-0.25, -0.2) is 14.8 Å². The van der Waals surface area contributed by atoms with Crippen LogP contribution >= 0.6 is 0 Å². The Morgan fingerprint density at radius 3 is 2.56 bits per heavy atom. The summed E-state index contributed by atoms with van der Waals surface area (Å²) < 4.78 is 38.9. The summed E-state index contributed by atoms with van der Waals surface area (Å²) in [6.07, 6.45) is -4.69. The highest BCUT2D eigenvalue weighted by Gasteiger charge is 2.74. The molecule has 4 rings (SSSR count). The predicted molar refractivity (Wildman–Crippen MR) is 101 cm³/mol. The lowest BCUT2D eigenvalue weighted by Gasteiger charge is -2.48. The zero-order valence-electron chi connectivity index (χ0n) is 16.0. The molecule has 3 aliphatic heterocycles. The van der Waals surface area contributed by atoms with Gasteiger partial charge in [0.15, 0.2) is 23.6 Å². The third kappa shape index (κ3) is 2.92. The number of aliphatic hydroxyl groups is 2. The highest BCUT2D eigenvalue weighted by Crippen LogP contribution is 2.44. The summed E-state index contributed by atoms with van der Waals surface area (Å²) in [5.41, 5.74) is 8.01. The summed E-state index contributed by atoms with van der Waals surface area (Å²) in [5.74, 6) is -6.08. The number of carbonyl (C=O) groups is 2. The van der Waals surface area contributed by atoms with Gasteiger partial charge in [0.05, 0.1) is 5.56 Å². The van der Waals surface area contributed by atoms with E-state index in [2.05, 4.69) is 20.6 Å². The second-order valence-corrected chi connectivity index (χ2v) is 7.56. The lowest BCUT2D eigenvalue weighted by molar-refractivity contribution is -0.230. The van der Waals surface area contributed by atoms with E-state index in [1.807, 2.05) is 0 Å². The molecular weight excluding hydrogens is 439 g/mol. The molecule has 0 aromatic heterocycles. The molecule has 0 saturated carbocycles. The number of guanidine groups is 2. The molecule has 0 radical (unpaired) electrons. The maximum atomic E-state index is 13.0. The first-order chi connectivity index (χ1) is 14.8. The van der Waals surface area contributed by atoms with Crippen molar-refractivity contribution in [1.82, 2.24) is 15.5 Å². The van der Waals surface area contributed by atoms with E-state index in [1.165, 1.54) is 0 Å². The number of amides is 1. The molecule has 12 nitrogen and oxygen atoms in total. The summed E-state index contributed by atoms with van der Waals surface area (Å²) in [6, 6.07) is -1.04. The van der Waals surface area contributed by atoms with E-state index in [9.17, 15) is 38.1 Å². The Kier molecular flexibility index (Phi) is 4.53. The Morgan fingerprint density at radius 1 is 1.25 bits per heavy atom. The molecule has 1 amide bonds. The van der Waals surface area contributed by atoms with Gasteiger partial charge in [-0.05, 0) is 18.2 Å². The minimum atomic E-state index is -4.69. The van der Waals surface area contributed by atoms with Crippen LogP contribution in [-0.2, 0) is 11.0 Å². The van der Waals surface area contributed by atoms with Crippen LogP contribution in [0.4, 0.5) is 13.2 Å². The number of rotatable bonds is 3. The Labute approximate surface area is 177 Å². The van der Waals surface area contributed by atoms with E-state index < -0.39 is 53.2 Å². The SMILES string of the molecule is NC1=NC2C(C(=O)O)N=C(N)N3C[C@H](NC(=O)c4cccc(C(F)(F)F)c4)C(O)(O)C23N1. The van der Waals surface area contributed by atoms with Crippen molar-refractivity contribution >= 4 is 23.8 Å². The first kappa shape index (κ1) is 21.6. The average molecular weight is 457 g/mol. The number of nitrogens with zero attached hydrogens (tertiary/aromatic N) is 3. The molecule has 0 bridgehead atoms. The number of carboxylic acid groups (broad SMARTS) is 1. The van der Waals surface area contributed by atoms with Gasteiger partial charge in [-0.15, -0.1) is 0 Å². The molecule has 9 N–H and O–H groups in total. The minimum Gasteiger partial charge on any atom is -0.480 e. The minimum absolute atomic E-state index is 0.312. The number of hydrogen-bond donors (Lipinski definition) is 7. The van der Waals surface area contributed by atoms with E-state index in [1.54, 1.807) is 0 Å². The van der Waals surface area contributed by atoms with Gasteiger partial charge in [0.1, 0.15) is 12.1 Å². The van der Waals surface area contributed by atoms with Gasteiger partial charge in [-0.1, -0.05) is 6.07 Å². The van der Waals surface area contributed by atoms with Gasteiger partial charge < -0.3 is 42.3 Å². The number of nitrogens with two attached hydrogens (primary N) is 2. The molecule has 1 aromatic carbocycles. The van der Waals surface area contributed by atoms with Crippen LogP contribution in [-0.4, -0.2) is 80.1 Å². The third-order valence-electron chi connectivity index (χ3n) is 5.72. The van der Waals surface area contributed by atoms with Crippen molar-refractivity contribution < 1.29 is 38.1 Å². The number of nitrogens with one attached hydrogen (secondary N) is 2. The van der Waals surface area contributed by atoms with Crippen molar-refractivity contribution in [2.24, 2.45) is 21.5 Å². The van der Waals surface area contributed by atoms with Crippen molar-refractivity contribution in [3.63, 3.8) is 0 Å². The van der Waals surface area contributed by atoms with Crippen molar-refractivity contribution in [3.8, 4) is 0 Å². The molecule has 3 unspecified atom stereocenters. The van der Waals surface area contributed by atoms with Crippen molar-refractivity contribution in [1.29, 1.82) is 0 Å². The average Bonchev–Trinajstić information content (AvgIpc) is 3.16. The molecule has 15 heteroatoms. The first-order valence-electron chi connectivity index (χ1n) is 9.17. The fraction of sp³-hybridized carbons (Fsp3) is 0.412. The Hall–Kier alpha value is -3.59. The normalized spacial score (nSPS) is 30.5. The lowest BCUT2D eigenvalue weighted by atomic mass is 9.85. The van der Waals surface area contributed by atoms with E-state index in [0.717, 1.165) is 23.1 Å². The van der Waals surface area contributed by atoms with Crippen LogP contribution in [0.2, 0.25) is 0 Å². The van der Waals surface area contributed by atoms with Crippen molar-refractivity contribution in [2.45, 2.75) is 35.8 Å². The maximum absolute atomic E-state index is 13.0. The largest absolute Gasteiger partial charge is 0.480 e. The molecule has 1 aromatic rings. The number of carbonyl (C=O) groups excluding carboxylic acids is 1. The second kappa shape index (κ2) is 6.70. The quantitative estimate of drug-likeness (QED) is 0.241. The Morgan fingerprint density at radius 2 is 1.94 bits per heavy atom. The summed E-state index contributed by atoms with van der Waals surface area (Å²) in [7, 11) is 0. The molecule has 1 fully saturated rings. The maximum Gasteiger partial charge on any atom is 0.416 e. The molecule has 32 heavy (non-hydrogen) atoms. The lowest BCUT2D eigenvalue weighted by Crippen LogP contribution is -2.78. The fourth-order valence-electron chi connectivity index (χ4n) is 4.27. The zero-order valence-corrected chi connectivity index (χ0v) is 16.0.